The Bertz CT molecular complexity index is 756. The first-order valence-corrected chi connectivity index (χ1v) is 15.8. The molecule has 2 rings (SSSR count). The highest BCUT2D eigenvalue weighted by Crippen LogP contribution is 2.27. The molecule has 2 aromatic rings. The fraction of sp³-hybridized carbons (Fsp3) is 0.657. The van der Waals surface area contributed by atoms with Gasteiger partial charge in [0.25, 0.3) is 0 Å². The number of rotatable bonds is 20. The lowest BCUT2D eigenvalue weighted by molar-refractivity contribution is -0.001000. The van der Waals surface area contributed by atoms with Crippen molar-refractivity contribution < 1.29 is 48.0 Å². The van der Waals surface area contributed by atoms with E-state index in [-0.39, 0.29) is 48.0 Å². The van der Waals surface area contributed by atoms with E-state index in [1.165, 1.54) is 126 Å². The smallest absolute Gasteiger partial charge is 0.132 e. The summed E-state index contributed by atoms with van der Waals surface area (Å²) in [7, 11) is 4.91. The van der Waals surface area contributed by atoms with E-state index in [9.17, 15) is 0 Å². The summed E-state index contributed by atoms with van der Waals surface area (Å²) in [6.07, 6.45) is 16.8. The van der Waals surface area contributed by atoms with E-state index in [4.69, 9.17) is 0 Å². The van der Waals surface area contributed by atoms with Crippen LogP contribution in [0.2, 0.25) is 0 Å². The molecule has 0 aromatic heterocycles. The monoisotopic (exact) mass is 762 g/mol. The molecular weight excluding hydrogens is 702 g/mol. The van der Waals surface area contributed by atoms with E-state index in [0.717, 1.165) is 15.4 Å². The third kappa shape index (κ3) is 13.6. The number of halogens is 2. The standard InChI is InChI=1S/C35H60N2.2HI/c1-7-11-15-27-36(5,28-16-12-8-2)34-23-19-32(20-24-34)31-33-21-25-35(26-22-33)37(6,29-17-13-9-3)30-18-14-10-4;;/h19-26H,7-18,27-31H2,1-6H3;2*1H/q+2;;/p-2. The molecule has 0 saturated carbocycles. The summed E-state index contributed by atoms with van der Waals surface area (Å²) in [5.41, 5.74) is 5.82. The number of nitrogens with zero attached hydrogens (tertiary/aromatic N) is 2. The van der Waals surface area contributed by atoms with Gasteiger partial charge in [-0.15, -0.1) is 0 Å². The lowest BCUT2D eigenvalue weighted by atomic mass is 10.0. The van der Waals surface area contributed by atoms with Crippen LogP contribution in [-0.4, -0.2) is 40.3 Å². The topological polar surface area (TPSA) is 0 Å². The molecule has 0 aliphatic heterocycles. The summed E-state index contributed by atoms with van der Waals surface area (Å²) in [6, 6.07) is 19.2. The van der Waals surface area contributed by atoms with Crippen molar-refractivity contribution in [2.45, 2.75) is 111 Å². The molecule has 0 radical (unpaired) electrons. The van der Waals surface area contributed by atoms with E-state index >= 15 is 0 Å². The number of quaternary nitrogens is 2. The molecule has 2 nitrogen and oxygen atoms in total. The van der Waals surface area contributed by atoms with Gasteiger partial charge in [-0.2, -0.15) is 0 Å². The summed E-state index contributed by atoms with van der Waals surface area (Å²) < 4.78 is 2.17. The fourth-order valence-corrected chi connectivity index (χ4v) is 5.77. The van der Waals surface area contributed by atoms with Gasteiger partial charge in [-0.05, 0) is 93.2 Å². The third-order valence-corrected chi connectivity index (χ3v) is 8.55. The number of hydrogen-bond donors (Lipinski definition) is 0. The van der Waals surface area contributed by atoms with Crippen LogP contribution in [0.5, 0.6) is 0 Å². The van der Waals surface area contributed by atoms with Gasteiger partial charge in [0.15, 0.2) is 0 Å². The van der Waals surface area contributed by atoms with E-state index in [2.05, 4.69) is 90.3 Å². The number of unbranched alkanes of at least 4 members (excludes halogenated alkanes) is 8. The average Bonchev–Trinajstić information content (AvgIpc) is 2.90. The maximum Gasteiger partial charge on any atom is 0.132 e. The van der Waals surface area contributed by atoms with Crippen molar-refractivity contribution in [2.24, 2.45) is 0 Å². The Morgan fingerprint density at radius 1 is 0.410 bits per heavy atom. The van der Waals surface area contributed by atoms with Crippen LogP contribution < -0.4 is 56.9 Å². The van der Waals surface area contributed by atoms with Gasteiger partial charge in [0.05, 0.1) is 40.3 Å². The fourth-order valence-electron chi connectivity index (χ4n) is 5.77. The highest BCUT2D eigenvalue weighted by molar-refractivity contribution is 5.47. The Morgan fingerprint density at radius 2 is 0.667 bits per heavy atom. The number of hydrogen-bond acceptors (Lipinski definition) is 0. The van der Waals surface area contributed by atoms with Crippen LogP contribution in [0.15, 0.2) is 48.5 Å². The van der Waals surface area contributed by atoms with Gasteiger partial charge in [0, 0.05) is 0 Å². The Labute approximate surface area is 277 Å². The second-order valence-corrected chi connectivity index (χ2v) is 12.0. The maximum atomic E-state index is 2.45. The lowest BCUT2D eigenvalue weighted by Crippen LogP contribution is -3.00. The van der Waals surface area contributed by atoms with Crippen LogP contribution in [0.25, 0.3) is 0 Å². The predicted octanol–water partition coefficient (Wildman–Crippen LogP) is 3.92. The molecule has 39 heavy (non-hydrogen) atoms. The third-order valence-electron chi connectivity index (χ3n) is 8.55. The van der Waals surface area contributed by atoms with Gasteiger partial charge in [-0.25, -0.2) is 0 Å². The first-order chi connectivity index (χ1) is 17.9. The van der Waals surface area contributed by atoms with Gasteiger partial charge in [-0.1, -0.05) is 77.6 Å². The molecule has 0 heterocycles. The first kappa shape index (κ1) is 38.8. The van der Waals surface area contributed by atoms with Gasteiger partial charge in [0.1, 0.15) is 11.4 Å². The van der Waals surface area contributed by atoms with E-state index in [1.807, 2.05) is 0 Å². The first-order valence-electron chi connectivity index (χ1n) is 15.8. The summed E-state index contributed by atoms with van der Waals surface area (Å²) >= 11 is 0. The van der Waals surface area contributed by atoms with Crippen LogP contribution in [0.1, 0.15) is 116 Å². The van der Waals surface area contributed by atoms with Crippen molar-refractivity contribution in [2.75, 3.05) is 40.3 Å². The SMILES string of the molecule is CCCCC[N+](C)(CCCCC)c1ccc(Cc2ccc([N+](C)(CCCCC)CCCCC)cc2)cc1.[I-].[I-]. The highest BCUT2D eigenvalue weighted by atomic mass is 127. The van der Waals surface area contributed by atoms with E-state index in [1.54, 1.807) is 0 Å². The molecule has 0 atom stereocenters. The Balaban J connectivity index is 0.00000722. The van der Waals surface area contributed by atoms with Crippen LogP contribution in [0.4, 0.5) is 11.4 Å². The zero-order valence-corrected chi connectivity index (χ0v) is 30.6. The minimum atomic E-state index is 0. The van der Waals surface area contributed by atoms with Gasteiger partial charge in [-0.3, -0.25) is 8.97 Å². The van der Waals surface area contributed by atoms with Crippen LogP contribution >= 0.6 is 0 Å². The van der Waals surface area contributed by atoms with Gasteiger partial charge >= 0.3 is 0 Å². The van der Waals surface area contributed by atoms with Crippen molar-refractivity contribution in [3.05, 3.63) is 59.7 Å². The molecule has 0 saturated heterocycles. The van der Waals surface area contributed by atoms with E-state index in [0.29, 0.717) is 0 Å². The molecular formula is C35H60I2N2. The molecule has 0 bridgehead atoms. The predicted molar refractivity (Wildman–Crippen MR) is 169 cm³/mol. The molecule has 0 fully saturated rings. The second kappa shape index (κ2) is 21.5. The van der Waals surface area contributed by atoms with Crippen molar-refractivity contribution in [1.29, 1.82) is 0 Å². The van der Waals surface area contributed by atoms with Gasteiger partial charge in [0.2, 0.25) is 0 Å². The largest absolute Gasteiger partial charge is 1.00 e. The summed E-state index contributed by atoms with van der Waals surface area (Å²) in [5, 5.41) is 0. The maximum absolute atomic E-state index is 2.45. The van der Waals surface area contributed by atoms with Crippen molar-refractivity contribution in [3.63, 3.8) is 0 Å². The Kier molecular flexibility index (Phi) is 21.4. The van der Waals surface area contributed by atoms with Crippen LogP contribution in [-0.2, 0) is 6.42 Å². The van der Waals surface area contributed by atoms with Crippen molar-refractivity contribution in [1.82, 2.24) is 8.97 Å². The Morgan fingerprint density at radius 3 is 0.897 bits per heavy atom. The highest BCUT2D eigenvalue weighted by Gasteiger charge is 2.25. The Hall–Kier alpha value is -0.180. The number of benzene rings is 2. The molecule has 0 N–H and O–H groups in total. The minimum absolute atomic E-state index is 0. The van der Waals surface area contributed by atoms with Crippen LogP contribution in [0, 0.1) is 0 Å². The molecule has 4 heteroatoms. The van der Waals surface area contributed by atoms with Crippen molar-refractivity contribution in [3.8, 4) is 0 Å². The molecule has 0 aliphatic carbocycles. The minimum Gasteiger partial charge on any atom is -1.00 e. The molecule has 224 valence electrons. The summed E-state index contributed by atoms with van der Waals surface area (Å²) in [6.45, 7) is 14.3. The zero-order valence-electron chi connectivity index (χ0n) is 26.3. The van der Waals surface area contributed by atoms with E-state index < -0.39 is 0 Å². The molecule has 0 amide bonds. The average molecular weight is 763 g/mol. The van der Waals surface area contributed by atoms with Crippen molar-refractivity contribution >= 4 is 11.4 Å². The lowest BCUT2D eigenvalue weighted by Gasteiger charge is -2.34. The van der Waals surface area contributed by atoms with Crippen LogP contribution in [0.3, 0.4) is 0 Å². The molecule has 0 aliphatic rings. The summed E-state index contributed by atoms with van der Waals surface area (Å²) in [5.74, 6) is 0. The second-order valence-electron chi connectivity index (χ2n) is 12.0. The summed E-state index contributed by atoms with van der Waals surface area (Å²) in [4.78, 5) is 0. The zero-order chi connectivity index (χ0) is 27.0. The molecule has 0 unspecified atom stereocenters. The quantitative estimate of drug-likeness (QED) is 0.109. The normalized spacial score (nSPS) is 11.6. The molecule has 2 aromatic carbocycles. The van der Waals surface area contributed by atoms with Gasteiger partial charge < -0.3 is 48.0 Å². The molecule has 0 spiro atoms.